The molecule has 3 rings (SSSR count). The molecule has 0 bridgehead atoms. The van der Waals surface area contributed by atoms with Crippen LogP contribution in [0.3, 0.4) is 0 Å². The Kier molecular flexibility index (Phi) is 7.19. The number of rotatable bonds is 7. The number of nitriles is 1. The first-order chi connectivity index (χ1) is 14.6. The van der Waals surface area contributed by atoms with Gasteiger partial charge in [-0.1, -0.05) is 34.1 Å². The zero-order valence-electron chi connectivity index (χ0n) is 16.1. The first-order valence-electron chi connectivity index (χ1n) is 8.98. The lowest BCUT2D eigenvalue weighted by Gasteiger charge is -2.08. The van der Waals surface area contributed by atoms with E-state index in [4.69, 9.17) is 14.7 Å². The van der Waals surface area contributed by atoms with E-state index >= 15 is 0 Å². The topological polar surface area (TPSA) is 83.7 Å². The van der Waals surface area contributed by atoms with Gasteiger partial charge in [0.1, 0.15) is 18.1 Å². The average Bonchev–Trinajstić information content (AvgIpc) is 2.78. The van der Waals surface area contributed by atoms with E-state index in [2.05, 4.69) is 32.5 Å². The third-order valence-corrected chi connectivity index (χ3v) is 4.69. The van der Waals surface area contributed by atoms with Crippen LogP contribution in [0.5, 0.6) is 11.5 Å². The molecule has 30 heavy (non-hydrogen) atoms. The number of hydrogen-bond acceptors (Lipinski definition) is 5. The molecule has 0 saturated carbocycles. The molecule has 6 nitrogen and oxygen atoms in total. The van der Waals surface area contributed by atoms with E-state index in [1.165, 1.54) is 13.3 Å². The van der Waals surface area contributed by atoms with Gasteiger partial charge >= 0.3 is 0 Å². The Labute approximate surface area is 182 Å². The van der Waals surface area contributed by atoms with E-state index in [0.29, 0.717) is 29.2 Å². The van der Waals surface area contributed by atoms with Gasteiger partial charge in [0.2, 0.25) is 0 Å². The smallest absolute Gasteiger partial charge is 0.275 e. The summed E-state index contributed by atoms with van der Waals surface area (Å²) in [6, 6.07) is 21.9. The molecule has 0 fully saturated rings. The minimum atomic E-state index is -0.375. The fourth-order valence-corrected chi connectivity index (χ4v) is 3.01. The van der Waals surface area contributed by atoms with E-state index in [-0.39, 0.29) is 5.91 Å². The SMILES string of the molecule is COc1ccc(Br)cc1C(=O)N/N=C\c1ccc(OCc2ccccc2C#N)cc1. The van der Waals surface area contributed by atoms with Gasteiger partial charge in [-0.25, -0.2) is 5.43 Å². The number of ether oxygens (including phenoxy) is 2. The maximum atomic E-state index is 12.3. The van der Waals surface area contributed by atoms with Gasteiger partial charge in [0.15, 0.2) is 0 Å². The van der Waals surface area contributed by atoms with Crippen molar-refractivity contribution in [3.8, 4) is 17.6 Å². The zero-order valence-corrected chi connectivity index (χ0v) is 17.7. The summed E-state index contributed by atoms with van der Waals surface area (Å²) in [5, 5.41) is 13.1. The van der Waals surface area contributed by atoms with Gasteiger partial charge in [-0.3, -0.25) is 4.79 Å². The molecular formula is C23H18BrN3O3. The molecule has 1 N–H and O–H groups in total. The van der Waals surface area contributed by atoms with Crippen molar-refractivity contribution in [2.75, 3.05) is 7.11 Å². The molecule has 0 aliphatic rings. The number of methoxy groups -OCH3 is 1. The molecule has 0 heterocycles. The molecule has 7 heteroatoms. The molecule has 0 unspecified atom stereocenters. The summed E-state index contributed by atoms with van der Waals surface area (Å²) in [4.78, 5) is 12.3. The fraction of sp³-hybridized carbons (Fsp3) is 0.0870. The maximum absolute atomic E-state index is 12.3. The number of hydrazone groups is 1. The van der Waals surface area contributed by atoms with Crippen LogP contribution in [0.2, 0.25) is 0 Å². The molecule has 0 aliphatic carbocycles. The molecule has 0 atom stereocenters. The molecule has 3 aromatic carbocycles. The van der Waals surface area contributed by atoms with E-state index in [0.717, 1.165) is 15.6 Å². The number of carbonyl (C=O) groups is 1. The highest BCUT2D eigenvalue weighted by molar-refractivity contribution is 9.10. The van der Waals surface area contributed by atoms with Crippen molar-refractivity contribution >= 4 is 28.1 Å². The van der Waals surface area contributed by atoms with Gasteiger partial charge < -0.3 is 9.47 Å². The van der Waals surface area contributed by atoms with E-state index in [1.807, 2.05) is 30.3 Å². The summed E-state index contributed by atoms with van der Waals surface area (Å²) in [7, 11) is 1.51. The Balaban J connectivity index is 1.58. The summed E-state index contributed by atoms with van der Waals surface area (Å²) < 4.78 is 11.7. The Morgan fingerprint density at radius 3 is 2.67 bits per heavy atom. The highest BCUT2D eigenvalue weighted by Gasteiger charge is 2.12. The molecule has 0 radical (unpaired) electrons. The van der Waals surface area contributed by atoms with Crippen molar-refractivity contribution in [3.63, 3.8) is 0 Å². The molecule has 0 spiro atoms. The van der Waals surface area contributed by atoms with Crippen molar-refractivity contribution in [3.05, 3.63) is 93.5 Å². The Morgan fingerprint density at radius 1 is 1.17 bits per heavy atom. The number of nitrogens with zero attached hydrogens (tertiary/aromatic N) is 2. The highest BCUT2D eigenvalue weighted by atomic mass is 79.9. The lowest BCUT2D eigenvalue weighted by molar-refractivity contribution is 0.0952. The van der Waals surface area contributed by atoms with Crippen molar-refractivity contribution < 1.29 is 14.3 Å². The predicted molar refractivity (Wildman–Crippen MR) is 118 cm³/mol. The van der Waals surface area contributed by atoms with E-state index in [9.17, 15) is 4.79 Å². The lowest BCUT2D eigenvalue weighted by Crippen LogP contribution is -2.18. The minimum Gasteiger partial charge on any atom is -0.496 e. The molecule has 3 aromatic rings. The number of halogens is 1. The average molecular weight is 464 g/mol. The molecule has 0 saturated heterocycles. The molecule has 1 amide bonds. The van der Waals surface area contributed by atoms with Crippen LogP contribution in [0.25, 0.3) is 0 Å². The third kappa shape index (κ3) is 5.46. The number of benzene rings is 3. The molecular weight excluding hydrogens is 446 g/mol. The Bertz CT molecular complexity index is 1110. The monoisotopic (exact) mass is 463 g/mol. The largest absolute Gasteiger partial charge is 0.496 e. The number of hydrogen-bond donors (Lipinski definition) is 1. The van der Waals surface area contributed by atoms with Crippen LogP contribution in [-0.4, -0.2) is 19.2 Å². The minimum absolute atomic E-state index is 0.307. The van der Waals surface area contributed by atoms with Crippen LogP contribution >= 0.6 is 15.9 Å². The third-order valence-electron chi connectivity index (χ3n) is 4.20. The first kappa shape index (κ1) is 21.1. The van der Waals surface area contributed by atoms with Crippen molar-refractivity contribution in [2.24, 2.45) is 5.10 Å². The first-order valence-corrected chi connectivity index (χ1v) is 9.78. The van der Waals surface area contributed by atoms with Crippen LogP contribution in [0.1, 0.15) is 27.0 Å². The van der Waals surface area contributed by atoms with Gasteiger partial charge in [-0.05, 0) is 54.1 Å². The van der Waals surface area contributed by atoms with Gasteiger partial charge in [0.05, 0.1) is 30.5 Å². The molecule has 150 valence electrons. The van der Waals surface area contributed by atoms with Crippen LogP contribution < -0.4 is 14.9 Å². The lowest BCUT2D eigenvalue weighted by atomic mass is 10.1. The van der Waals surface area contributed by atoms with E-state index in [1.54, 1.807) is 36.4 Å². The fourth-order valence-electron chi connectivity index (χ4n) is 2.65. The van der Waals surface area contributed by atoms with Gasteiger partial charge in [-0.15, -0.1) is 0 Å². The van der Waals surface area contributed by atoms with E-state index < -0.39 is 0 Å². The maximum Gasteiger partial charge on any atom is 0.275 e. The Hall–Kier alpha value is -3.63. The number of carbonyl (C=O) groups excluding carboxylic acids is 1. The molecule has 0 aromatic heterocycles. The summed E-state index contributed by atoms with van der Waals surface area (Å²) in [6.45, 7) is 0.307. The number of nitrogens with one attached hydrogen (secondary N) is 1. The normalized spacial score (nSPS) is 10.4. The predicted octanol–water partition coefficient (Wildman–Crippen LogP) is 4.67. The second kappa shape index (κ2) is 10.2. The van der Waals surface area contributed by atoms with Crippen LogP contribution in [-0.2, 0) is 6.61 Å². The second-order valence-corrected chi connectivity index (χ2v) is 7.09. The van der Waals surface area contributed by atoms with Crippen molar-refractivity contribution in [2.45, 2.75) is 6.61 Å². The van der Waals surface area contributed by atoms with Gasteiger partial charge in [-0.2, -0.15) is 10.4 Å². The summed E-state index contributed by atoms with van der Waals surface area (Å²) >= 11 is 3.34. The number of amides is 1. The van der Waals surface area contributed by atoms with Crippen molar-refractivity contribution in [1.82, 2.24) is 5.43 Å². The zero-order chi connectivity index (χ0) is 21.3. The summed E-state index contributed by atoms with van der Waals surface area (Å²) in [6.07, 6.45) is 1.54. The van der Waals surface area contributed by atoms with Crippen LogP contribution in [0.4, 0.5) is 0 Å². The van der Waals surface area contributed by atoms with Crippen LogP contribution in [0.15, 0.2) is 76.3 Å². The summed E-state index contributed by atoms with van der Waals surface area (Å²) in [5.74, 6) is 0.758. The second-order valence-electron chi connectivity index (χ2n) is 6.17. The summed E-state index contributed by atoms with van der Waals surface area (Å²) in [5.41, 5.74) is 5.09. The quantitative estimate of drug-likeness (QED) is 0.407. The highest BCUT2D eigenvalue weighted by Crippen LogP contribution is 2.22. The van der Waals surface area contributed by atoms with Crippen molar-refractivity contribution in [1.29, 1.82) is 5.26 Å². The van der Waals surface area contributed by atoms with Gasteiger partial charge in [0, 0.05) is 10.0 Å². The Morgan fingerprint density at radius 2 is 1.93 bits per heavy atom. The standard InChI is InChI=1S/C23H18BrN3O3/c1-29-22-11-8-19(24)12-21(22)23(28)27-26-14-16-6-9-20(10-7-16)30-15-18-5-3-2-4-17(18)13-25/h2-12,14H,15H2,1H3,(H,27,28)/b26-14-. The van der Waals surface area contributed by atoms with Gasteiger partial charge in [0.25, 0.3) is 5.91 Å². The van der Waals surface area contributed by atoms with Crippen LogP contribution in [0, 0.1) is 11.3 Å². The molecule has 0 aliphatic heterocycles.